The van der Waals surface area contributed by atoms with Crippen LogP contribution in [0.25, 0.3) is 0 Å². The summed E-state index contributed by atoms with van der Waals surface area (Å²) >= 11 is 0. The molecule has 0 aliphatic carbocycles. The molecule has 0 saturated carbocycles. The summed E-state index contributed by atoms with van der Waals surface area (Å²) in [7, 11) is 4.51. The first-order valence-electron chi connectivity index (χ1n) is 7.27. The molecule has 0 atom stereocenters. The fraction of sp³-hybridized carbons (Fsp3) is 0.368. The highest BCUT2D eigenvalue weighted by Gasteiger charge is 2.19. The Morgan fingerprint density at radius 3 is 1.85 bits per heavy atom. The van der Waals surface area contributed by atoms with Gasteiger partial charge < -0.3 is 0 Å². The van der Waals surface area contributed by atoms with Crippen molar-refractivity contribution in [2.24, 2.45) is 0 Å². The summed E-state index contributed by atoms with van der Waals surface area (Å²) in [4.78, 5) is 0. The van der Waals surface area contributed by atoms with Crippen LogP contribution in [0.15, 0.2) is 54.6 Å². The van der Waals surface area contributed by atoms with Crippen LogP contribution in [0.2, 0.25) is 0 Å². The monoisotopic (exact) mass is 268 g/mol. The van der Waals surface area contributed by atoms with Crippen LogP contribution in [0.1, 0.15) is 31.9 Å². The molecule has 0 saturated heterocycles. The van der Waals surface area contributed by atoms with E-state index in [4.69, 9.17) is 0 Å². The Labute approximate surface area is 123 Å². The highest BCUT2D eigenvalue weighted by Crippen LogP contribution is 2.25. The highest BCUT2D eigenvalue weighted by molar-refractivity contribution is 5.42. The lowest BCUT2D eigenvalue weighted by Crippen LogP contribution is -2.39. The van der Waals surface area contributed by atoms with Crippen molar-refractivity contribution in [2.75, 3.05) is 14.1 Å². The van der Waals surface area contributed by atoms with Crippen molar-refractivity contribution < 1.29 is 0 Å². The van der Waals surface area contributed by atoms with Crippen LogP contribution < -0.4 is 4.48 Å². The van der Waals surface area contributed by atoms with Gasteiger partial charge in [-0.2, -0.15) is 0 Å². The molecule has 20 heavy (non-hydrogen) atoms. The predicted octanol–water partition coefficient (Wildman–Crippen LogP) is 4.75. The minimum absolute atomic E-state index is 0.225. The van der Waals surface area contributed by atoms with Crippen LogP contribution in [0.3, 0.4) is 0 Å². The SMILES string of the molecule is CC(C)(C)c1ccc(C[N+](C)(C)c2ccccc2)cc1. The highest BCUT2D eigenvalue weighted by atomic mass is 15.3. The minimum atomic E-state index is 0.225. The second-order valence-corrected chi connectivity index (χ2v) is 7.13. The van der Waals surface area contributed by atoms with Crippen molar-refractivity contribution in [2.45, 2.75) is 32.7 Å². The molecule has 0 aliphatic rings. The van der Waals surface area contributed by atoms with E-state index in [1.807, 2.05) is 0 Å². The maximum Gasteiger partial charge on any atom is 0.132 e. The van der Waals surface area contributed by atoms with E-state index in [2.05, 4.69) is 89.5 Å². The molecule has 2 rings (SSSR count). The molecule has 0 radical (unpaired) electrons. The van der Waals surface area contributed by atoms with Crippen molar-refractivity contribution in [3.63, 3.8) is 0 Å². The maximum absolute atomic E-state index is 2.27. The molecule has 0 aromatic heterocycles. The van der Waals surface area contributed by atoms with Gasteiger partial charge >= 0.3 is 0 Å². The zero-order chi connectivity index (χ0) is 14.8. The molecule has 2 aromatic rings. The van der Waals surface area contributed by atoms with Gasteiger partial charge in [0.2, 0.25) is 0 Å². The Kier molecular flexibility index (Phi) is 4.01. The molecule has 1 nitrogen and oxygen atoms in total. The topological polar surface area (TPSA) is 0 Å². The molecule has 0 spiro atoms. The summed E-state index contributed by atoms with van der Waals surface area (Å²) in [6, 6.07) is 19.7. The number of para-hydroxylation sites is 1. The van der Waals surface area contributed by atoms with Crippen molar-refractivity contribution in [1.29, 1.82) is 0 Å². The largest absolute Gasteiger partial charge is 0.292 e. The van der Waals surface area contributed by atoms with E-state index >= 15 is 0 Å². The van der Waals surface area contributed by atoms with Gasteiger partial charge in [0.15, 0.2) is 0 Å². The summed E-state index contributed by atoms with van der Waals surface area (Å²) in [5, 5.41) is 0. The number of hydrogen-bond acceptors (Lipinski definition) is 0. The minimum Gasteiger partial charge on any atom is -0.292 e. The quantitative estimate of drug-likeness (QED) is 0.705. The van der Waals surface area contributed by atoms with Gasteiger partial charge in [-0.1, -0.05) is 63.2 Å². The third-order valence-corrected chi connectivity index (χ3v) is 3.85. The van der Waals surface area contributed by atoms with Crippen molar-refractivity contribution in [3.05, 3.63) is 65.7 Å². The summed E-state index contributed by atoms with van der Waals surface area (Å²) < 4.78 is 0.871. The molecule has 2 aromatic carbocycles. The van der Waals surface area contributed by atoms with E-state index in [9.17, 15) is 0 Å². The lowest BCUT2D eigenvalue weighted by Gasteiger charge is -2.29. The van der Waals surface area contributed by atoms with Gasteiger partial charge in [0.25, 0.3) is 0 Å². The van der Waals surface area contributed by atoms with Gasteiger partial charge in [-0.05, 0) is 23.1 Å². The smallest absolute Gasteiger partial charge is 0.132 e. The van der Waals surface area contributed by atoms with Crippen LogP contribution in [-0.2, 0) is 12.0 Å². The molecule has 0 unspecified atom stereocenters. The molecular weight excluding hydrogens is 242 g/mol. The first kappa shape index (κ1) is 14.8. The van der Waals surface area contributed by atoms with Gasteiger partial charge in [0.1, 0.15) is 12.2 Å². The normalized spacial score (nSPS) is 12.4. The van der Waals surface area contributed by atoms with E-state index in [0.29, 0.717) is 0 Å². The Morgan fingerprint density at radius 1 is 0.800 bits per heavy atom. The summed E-state index contributed by atoms with van der Waals surface area (Å²) in [5.74, 6) is 0. The van der Waals surface area contributed by atoms with Gasteiger partial charge in [0, 0.05) is 5.56 Å². The standard InChI is InChI=1S/C19H26N/c1-19(2,3)17-13-11-16(12-14-17)15-20(4,5)18-9-7-6-8-10-18/h6-14H,15H2,1-5H3/q+1. The zero-order valence-corrected chi connectivity index (χ0v) is 13.4. The van der Waals surface area contributed by atoms with Crippen molar-refractivity contribution in [3.8, 4) is 0 Å². The van der Waals surface area contributed by atoms with E-state index < -0.39 is 0 Å². The predicted molar refractivity (Wildman–Crippen MR) is 88.9 cm³/mol. The maximum atomic E-state index is 2.27. The van der Waals surface area contributed by atoms with Gasteiger partial charge in [-0.25, -0.2) is 0 Å². The Bertz CT molecular complexity index is 545. The number of nitrogens with zero attached hydrogens (tertiary/aromatic N) is 1. The molecule has 0 aliphatic heterocycles. The fourth-order valence-corrected chi connectivity index (χ4v) is 2.49. The molecule has 0 bridgehead atoms. The van der Waals surface area contributed by atoms with E-state index in [1.54, 1.807) is 0 Å². The van der Waals surface area contributed by atoms with Gasteiger partial charge in [0.05, 0.1) is 14.1 Å². The first-order chi connectivity index (χ1) is 9.29. The molecule has 0 heterocycles. The first-order valence-corrected chi connectivity index (χ1v) is 7.27. The molecule has 0 amide bonds. The van der Waals surface area contributed by atoms with Gasteiger partial charge in [-0.15, -0.1) is 0 Å². The second-order valence-electron chi connectivity index (χ2n) is 7.13. The van der Waals surface area contributed by atoms with Gasteiger partial charge in [-0.3, -0.25) is 4.48 Å². The van der Waals surface area contributed by atoms with Crippen molar-refractivity contribution in [1.82, 2.24) is 4.48 Å². The number of quaternary nitrogens is 1. The number of rotatable bonds is 3. The summed E-state index contributed by atoms with van der Waals surface area (Å²) in [6.45, 7) is 7.78. The number of benzene rings is 2. The van der Waals surface area contributed by atoms with E-state index in [0.717, 1.165) is 11.0 Å². The van der Waals surface area contributed by atoms with Crippen LogP contribution in [0, 0.1) is 0 Å². The van der Waals surface area contributed by atoms with Crippen molar-refractivity contribution >= 4 is 5.69 Å². The van der Waals surface area contributed by atoms with Crippen LogP contribution in [0.4, 0.5) is 5.69 Å². The molecular formula is C19H26N+. The Morgan fingerprint density at radius 2 is 1.35 bits per heavy atom. The molecule has 0 fully saturated rings. The third-order valence-electron chi connectivity index (χ3n) is 3.85. The lowest BCUT2D eigenvalue weighted by molar-refractivity contribution is 0.392. The third kappa shape index (κ3) is 3.49. The molecule has 106 valence electrons. The molecule has 0 N–H and O–H groups in total. The summed E-state index contributed by atoms with van der Waals surface area (Å²) in [6.07, 6.45) is 0. The van der Waals surface area contributed by atoms with E-state index in [-0.39, 0.29) is 5.41 Å². The Balaban J connectivity index is 2.18. The van der Waals surface area contributed by atoms with E-state index in [1.165, 1.54) is 16.8 Å². The Hall–Kier alpha value is -1.60. The fourth-order valence-electron chi connectivity index (χ4n) is 2.49. The summed E-state index contributed by atoms with van der Waals surface area (Å²) in [5.41, 5.74) is 4.34. The number of hydrogen-bond donors (Lipinski definition) is 0. The van der Waals surface area contributed by atoms with Crippen LogP contribution >= 0.6 is 0 Å². The lowest BCUT2D eigenvalue weighted by atomic mass is 9.86. The van der Waals surface area contributed by atoms with Crippen LogP contribution in [-0.4, -0.2) is 14.1 Å². The average Bonchev–Trinajstić information content (AvgIpc) is 2.39. The molecule has 1 heteroatoms. The second kappa shape index (κ2) is 5.41. The average molecular weight is 268 g/mol. The van der Waals surface area contributed by atoms with Crippen LogP contribution in [0.5, 0.6) is 0 Å². The zero-order valence-electron chi connectivity index (χ0n) is 13.4.